The molecule has 5 saturated carbocycles. The predicted molar refractivity (Wildman–Crippen MR) is 65.3 cm³/mol. The van der Waals surface area contributed by atoms with Crippen molar-refractivity contribution >= 4 is 0 Å². The van der Waals surface area contributed by atoms with Crippen LogP contribution in [0.5, 0.6) is 0 Å². The van der Waals surface area contributed by atoms with Gasteiger partial charge in [-0.15, -0.1) is 0 Å². The second-order valence-corrected chi connectivity index (χ2v) is 8.24. The molecule has 1 spiro atoms. The highest BCUT2D eigenvalue weighted by Crippen LogP contribution is 2.94. The SMILES string of the molecule is CC12C3C1C1(C)CCCC(C)(C)C1(C3O)C2O. The fourth-order valence-corrected chi connectivity index (χ4v) is 7.38. The molecule has 5 fully saturated rings. The Bertz CT molecular complexity index is 417. The third-order valence-electron chi connectivity index (χ3n) is 7.71. The van der Waals surface area contributed by atoms with Crippen LogP contribution in [0.3, 0.4) is 0 Å². The Balaban J connectivity index is 2.00. The van der Waals surface area contributed by atoms with Gasteiger partial charge in [0, 0.05) is 10.8 Å². The lowest BCUT2D eigenvalue weighted by Gasteiger charge is -2.58. The predicted octanol–water partition coefficient (Wildman–Crippen LogP) is 2.19. The molecule has 5 aliphatic carbocycles. The molecule has 0 radical (unpaired) electrons. The molecule has 96 valence electrons. The van der Waals surface area contributed by atoms with E-state index in [4.69, 9.17) is 0 Å². The van der Waals surface area contributed by atoms with Gasteiger partial charge in [0.2, 0.25) is 0 Å². The van der Waals surface area contributed by atoms with E-state index in [1.165, 1.54) is 12.8 Å². The quantitative estimate of drug-likeness (QED) is 0.677. The van der Waals surface area contributed by atoms with Crippen LogP contribution in [0.1, 0.15) is 47.0 Å². The molecule has 7 unspecified atom stereocenters. The maximum atomic E-state index is 10.9. The van der Waals surface area contributed by atoms with Crippen LogP contribution in [-0.2, 0) is 0 Å². The van der Waals surface area contributed by atoms with Crippen molar-refractivity contribution in [2.45, 2.75) is 59.2 Å². The Morgan fingerprint density at radius 2 is 1.65 bits per heavy atom. The minimum absolute atomic E-state index is 0.0236. The first-order chi connectivity index (χ1) is 7.76. The molecule has 7 atom stereocenters. The summed E-state index contributed by atoms with van der Waals surface area (Å²) in [5, 5.41) is 21.7. The normalized spacial score (nSPS) is 70.2. The van der Waals surface area contributed by atoms with Crippen LogP contribution in [-0.4, -0.2) is 22.4 Å². The van der Waals surface area contributed by atoms with Gasteiger partial charge in [0.15, 0.2) is 0 Å². The highest BCUT2D eigenvalue weighted by atomic mass is 16.3. The summed E-state index contributed by atoms with van der Waals surface area (Å²) in [6.45, 7) is 9.11. The van der Waals surface area contributed by atoms with Crippen molar-refractivity contribution in [1.29, 1.82) is 0 Å². The van der Waals surface area contributed by atoms with Gasteiger partial charge in [0.05, 0.1) is 12.2 Å². The van der Waals surface area contributed by atoms with Crippen molar-refractivity contribution < 1.29 is 10.2 Å². The highest BCUT2D eigenvalue weighted by Gasteiger charge is 2.96. The molecule has 0 aromatic carbocycles. The lowest BCUT2D eigenvalue weighted by molar-refractivity contribution is -0.172. The van der Waals surface area contributed by atoms with Crippen LogP contribution in [0.15, 0.2) is 0 Å². The van der Waals surface area contributed by atoms with Crippen LogP contribution in [0.2, 0.25) is 0 Å². The van der Waals surface area contributed by atoms with Crippen molar-refractivity contribution in [2.24, 2.45) is 33.5 Å². The van der Waals surface area contributed by atoms with Gasteiger partial charge in [-0.1, -0.05) is 34.1 Å². The lowest BCUT2D eigenvalue weighted by atomic mass is 9.47. The van der Waals surface area contributed by atoms with Gasteiger partial charge in [-0.05, 0) is 35.5 Å². The number of hydrogen-bond acceptors (Lipinski definition) is 2. The van der Waals surface area contributed by atoms with E-state index in [2.05, 4.69) is 27.7 Å². The molecule has 17 heavy (non-hydrogen) atoms. The Hall–Kier alpha value is -0.0800. The van der Waals surface area contributed by atoms with Gasteiger partial charge in [-0.25, -0.2) is 0 Å². The maximum absolute atomic E-state index is 10.9. The number of rotatable bonds is 0. The first-order valence-electron chi connectivity index (χ1n) is 7.12. The number of aliphatic hydroxyl groups excluding tert-OH is 2. The molecule has 0 amide bonds. The summed E-state index contributed by atoms with van der Waals surface area (Å²) in [6, 6.07) is 0. The topological polar surface area (TPSA) is 40.5 Å². The van der Waals surface area contributed by atoms with Crippen LogP contribution < -0.4 is 0 Å². The third-order valence-corrected chi connectivity index (χ3v) is 7.71. The smallest absolute Gasteiger partial charge is 0.0692 e. The van der Waals surface area contributed by atoms with Gasteiger partial charge in [0.1, 0.15) is 0 Å². The zero-order chi connectivity index (χ0) is 12.4. The van der Waals surface area contributed by atoms with Crippen LogP contribution >= 0.6 is 0 Å². The van der Waals surface area contributed by atoms with Crippen molar-refractivity contribution in [3.63, 3.8) is 0 Å². The Morgan fingerprint density at radius 1 is 1.00 bits per heavy atom. The van der Waals surface area contributed by atoms with Crippen molar-refractivity contribution in [3.8, 4) is 0 Å². The van der Waals surface area contributed by atoms with Crippen LogP contribution in [0, 0.1) is 33.5 Å². The summed E-state index contributed by atoms with van der Waals surface area (Å²) in [5.74, 6) is 0.944. The van der Waals surface area contributed by atoms with E-state index in [0.29, 0.717) is 11.8 Å². The molecule has 0 aromatic heterocycles. The molecule has 5 rings (SSSR count). The molecule has 0 heterocycles. The summed E-state index contributed by atoms with van der Waals surface area (Å²) in [5.41, 5.74) is 0.0329. The zero-order valence-electron chi connectivity index (χ0n) is 11.3. The van der Waals surface area contributed by atoms with Crippen LogP contribution in [0.25, 0.3) is 0 Å². The fraction of sp³-hybridized carbons (Fsp3) is 1.00. The first kappa shape index (κ1) is 10.8. The monoisotopic (exact) mass is 236 g/mol. The van der Waals surface area contributed by atoms with Gasteiger partial charge >= 0.3 is 0 Å². The van der Waals surface area contributed by atoms with Gasteiger partial charge in [0.25, 0.3) is 0 Å². The minimum atomic E-state index is -0.291. The Morgan fingerprint density at radius 3 is 2.12 bits per heavy atom. The maximum Gasteiger partial charge on any atom is 0.0692 e. The Kier molecular flexibility index (Phi) is 1.49. The van der Waals surface area contributed by atoms with E-state index in [1.807, 2.05) is 0 Å². The summed E-state index contributed by atoms with van der Waals surface area (Å²) >= 11 is 0. The largest absolute Gasteiger partial charge is 0.392 e. The molecule has 5 aliphatic rings. The lowest BCUT2D eigenvalue weighted by Crippen LogP contribution is -2.58. The summed E-state index contributed by atoms with van der Waals surface area (Å²) in [4.78, 5) is 0. The zero-order valence-corrected chi connectivity index (χ0v) is 11.3. The standard InChI is InChI=1S/C15H24O2/c1-12(2)6-5-7-13(3)9-8-10(16)15(12,13)11(17)14(8,9)4/h8-11,16-17H,5-7H2,1-4H3. The minimum Gasteiger partial charge on any atom is -0.392 e. The molecular formula is C15H24O2. The molecule has 2 N–H and O–H groups in total. The average Bonchev–Trinajstić information content (AvgIpc) is 2.66. The summed E-state index contributed by atoms with van der Waals surface area (Å²) < 4.78 is 0. The van der Waals surface area contributed by atoms with E-state index in [9.17, 15) is 10.2 Å². The molecule has 2 heteroatoms. The van der Waals surface area contributed by atoms with E-state index in [-0.39, 0.29) is 33.9 Å². The highest BCUT2D eigenvalue weighted by molar-refractivity contribution is 5.43. The van der Waals surface area contributed by atoms with Gasteiger partial charge in [-0.3, -0.25) is 0 Å². The van der Waals surface area contributed by atoms with Crippen molar-refractivity contribution in [2.75, 3.05) is 0 Å². The Labute approximate surface area is 103 Å². The number of hydrogen-bond donors (Lipinski definition) is 2. The van der Waals surface area contributed by atoms with E-state index < -0.39 is 0 Å². The molecule has 0 aliphatic heterocycles. The first-order valence-corrected chi connectivity index (χ1v) is 7.12. The molecule has 4 bridgehead atoms. The molecule has 0 saturated heterocycles. The molecular weight excluding hydrogens is 212 g/mol. The van der Waals surface area contributed by atoms with Crippen LogP contribution in [0.4, 0.5) is 0 Å². The second-order valence-electron chi connectivity index (χ2n) is 8.24. The van der Waals surface area contributed by atoms with E-state index in [0.717, 1.165) is 6.42 Å². The number of aliphatic hydroxyl groups is 2. The van der Waals surface area contributed by atoms with Crippen molar-refractivity contribution in [1.82, 2.24) is 0 Å². The van der Waals surface area contributed by atoms with Gasteiger partial charge < -0.3 is 10.2 Å². The van der Waals surface area contributed by atoms with E-state index in [1.54, 1.807) is 0 Å². The van der Waals surface area contributed by atoms with Crippen molar-refractivity contribution in [3.05, 3.63) is 0 Å². The summed E-state index contributed by atoms with van der Waals surface area (Å²) in [7, 11) is 0. The van der Waals surface area contributed by atoms with E-state index >= 15 is 0 Å². The molecule has 0 aromatic rings. The second kappa shape index (κ2) is 2.34. The third kappa shape index (κ3) is 0.669. The van der Waals surface area contributed by atoms with Gasteiger partial charge in [-0.2, -0.15) is 0 Å². The molecule has 2 nitrogen and oxygen atoms in total. The fourth-order valence-electron chi connectivity index (χ4n) is 7.38. The average molecular weight is 236 g/mol. The summed E-state index contributed by atoms with van der Waals surface area (Å²) in [6.07, 6.45) is 3.03.